The Kier molecular flexibility index (Phi) is 5.01. The van der Waals surface area contributed by atoms with Crippen molar-refractivity contribution in [2.45, 2.75) is 57.3 Å². The Balaban J connectivity index is 1.87. The molecule has 1 N–H and O–H groups in total. The van der Waals surface area contributed by atoms with Gasteiger partial charge in [0.25, 0.3) is 0 Å². The Morgan fingerprint density at radius 1 is 1.33 bits per heavy atom. The molecular formula is C15H29NOS. The molecule has 18 heavy (non-hydrogen) atoms. The van der Waals surface area contributed by atoms with Crippen LogP contribution in [0.25, 0.3) is 0 Å². The molecule has 106 valence electrons. The maximum Gasteiger partial charge on any atom is 0.0580 e. The maximum atomic E-state index is 10.2. The highest BCUT2D eigenvalue weighted by Crippen LogP contribution is 2.34. The van der Waals surface area contributed by atoms with Gasteiger partial charge in [0.1, 0.15) is 0 Å². The van der Waals surface area contributed by atoms with E-state index in [0.717, 1.165) is 18.9 Å². The van der Waals surface area contributed by atoms with Crippen molar-refractivity contribution in [1.29, 1.82) is 0 Å². The van der Waals surface area contributed by atoms with Crippen LogP contribution in [0.3, 0.4) is 0 Å². The molecule has 0 aromatic heterocycles. The molecule has 1 saturated heterocycles. The summed E-state index contributed by atoms with van der Waals surface area (Å²) in [5.74, 6) is 2.61. The van der Waals surface area contributed by atoms with Crippen molar-refractivity contribution in [2.75, 3.05) is 25.4 Å². The summed E-state index contributed by atoms with van der Waals surface area (Å²) in [4.78, 5) is 2.59. The van der Waals surface area contributed by atoms with E-state index >= 15 is 0 Å². The van der Waals surface area contributed by atoms with E-state index in [0.29, 0.717) is 10.7 Å². The van der Waals surface area contributed by atoms with Crippen LogP contribution < -0.4 is 0 Å². The summed E-state index contributed by atoms with van der Waals surface area (Å²) < 4.78 is 0.391. The second kappa shape index (κ2) is 6.15. The molecule has 1 aliphatic carbocycles. The van der Waals surface area contributed by atoms with Crippen LogP contribution in [0.15, 0.2) is 0 Å². The van der Waals surface area contributed by atoms with Gasteiger partial charge in [-0.15, -0.1) is 0 Å². The topological polar surface area (TPSA) is 23.5 Å². The predicted molar refractivity (Wildman–Crippen MR) is 80.1 cm³/mol. The van der Waals surface area contributed by atoms with Gasteiger partial charge in [0, 0.05) is 30.1 Å². The molecule has 3 unspecified atom stereocenters. The molecule has 1 aliphatic heterocycles. The zero-order valence-corrected chi connectivity index (χ0v) is 13.0. The fourth-order valence-electron chi connectivity index (χ4n) is 3.51. The first kappa shape index (κ1) is 14.7. The highest BCUT2D eigenvalue weighted by Gasteiger charge is 2.33. The summed E-state index contributed by atoms with van der Waals surface area (Å²) in [5.41, 5.74) is 0. The summed E-state index contributed by atoms with van der Waals surface area (Å²) in [6.07, 6.45) is 4.72. The fraction of sp³-hybridized carbons (Fsp3) is 1.00. The van der Waals surface area contributed by atoms with Crippen molar-refractivity contribution in [3.63, 3.8) is 0 Å². The van der Waals surface area contributed by atoms with Gasteiger partial charge >= 0.3 is 0 Å². The van der Waals surface area contributed by atoms with Gasteiger partial charge in [-0.05, 0) is 44.9 Å². The van der Waals surface area contributed by atoms with Crippen LogP contribution >= 0.6 is 11.8 Å². The third-order valence-corrected chi connectivity index (χ3v) is 5.92. The molecule has 3 atom stereocenters. The number of hydrogen-bond acceptors (Lipinski definition) is 3. The van der Waals surface area contributed by atoms with Gasteiger partial charge < -0.3 is 10.0 Å². The lowest BCUT2D eigenvalue weighted by Gasteiger charge is -2.41. The molecule has 1 saturated carbocycles. The summed E-state index contributed by atoms with van der Waals surface area (Å²) >= 11 is 2.09. The van der Waals surface area contributed by atoms with E-state index in [1.54, 1.807) is 0 Å². The summed E-state index contributed by atoms with van der Waals surface area (Å²) in [5, 5.41) is 10.2. The minimum atomic E-state index is -0.0505. The normalized spacial score (nSPS) is 37.7. The molecule has 0 aromatic rings. The quantitative estimate of drug-likeness (QED) is 0.853. The highest BCUT2D eigenvalue weighted by molar-refractivity contribution is 8.00. The van der Waals surface area contributed by atoms with Crippen LogP contribution in [0.2, 0.25) is 0 Å². The number of thioether (sulfide) groups is 1. The minimum absolute atomic E-state index is 0.0505. The second-order valence-electron chi connectivity index (χ2n) is 6.76. The highest BCUT2D eigenvalue weighted by atomic mass is 32.2. The molecule has 0 bridgehead atoms. The van der Waals surface area contributed by atoms with E-state index in [9.17, 15) is 5.11 Å². The second-order valence-corrected chi connectivity index (χ2v) is 8.56. The van der Waals surface area contributed by atoms with E-state index in [4.69, 9.17) is 0 Å². The first-order chi connectivity index (χ1) is 8.50. The van der Waals surface area contributed by atoms with E-state index in [2.05, 4.69) is 37.4 Å². The third-order valence-electron chi connectivity index (χ3n) is 4.63. The molecule has 2 aliphatic rings. The van der Waals surface area contributed by atoms with Crippen molar-refractivity contribution < 1.29 is 5.11 Å². The van der Waals surface area contributed by atoms with Crippen molar-refractivity contribution in [1.82, 2.24) is 4.90 Å². The zero-order valence-electron chi connectivity index (χ0n) is 12.2. The lowest BCUT2D eigenvalue weighted by molar-refractivity contribution is 0.0259. The first-order valence-corrected chi connectivity index (χ1v) is 8.53. The summed E-state index contributed by atoms with van der Waals surface area (Å²) in [6.45, 7) is 10.5. The van der Waals surface area contributed by atoms with Crippen LogP contribution in [-0.4, -0.2) is 46.2 Å². The van der Waals surface area contributed by atoms with Gasteiger partial charge in [-0.25, -0.2) is 0 Å². The third kappa shape index (κ3) is 3.88. The Morgan fingerprint density at radius 2 is 2.11 bits per heavy atom. The Bertz CT molecular complexity index is 269. The van der Waals surface area contributed by atoms with Gasteiger partial charge in [-0.3, -0.25) is 0 Å². The fourth-order valence-corrected chi connectivity index (χ4v) is 4.69. The maximum absolute atomic E-state index is 10.2. The van der Waals surface area contributed by atoms with Crippen molar-refractivity contribution in [2.24, 2.45) is 11.8 Å². The molecule has 3 heteroatoms. The van der Waals surface area contributed by atoms with Gasteiger partial charge in [0.2, 0.25) is 0 Å². The largest absolute Gasteiger partial charge is 0.393 e. The average molecular weight is 271 g/mol. The van der Waals surface area contributed by atoms with Crippen LogP contribution in [0, 0.1) is 11.8 Å². The van der Waals surface area contributed by atoms with E-state index in [1.165, 1.54) is 38.1 Å². The van der Waals surface area contributed by atoms with E-state index < -0.39 is 0 Å². The van der Waals surface area contributed by atoms with Gasteiger partial charge in [0.05, 0.1) is 6.10 Å². The Labute approximate surface area is 117 Å². The molecular weight excluding hydrogens is 242 g/mol. The van der Waals surface area contributed by atoms with E-state index in [1.807, 2.05) is 0 Å². The van der Waals surface area contributed by atoms with Crippen LogP contribution in [0.5, 0.6) is 0 Å². The van der Waals surface area contributed by atoms with Crippen LogP contribution in [-0.2, 0) is 0 Å². The zero-order chi connectivity index (χ0) is 13.2. The Hall–Kier alpha value is 0.270. The number of nitrogens with zero attached hydrogens (tertiary/aromatic N) is 1. The first-order valence-electron chi connectivity index (χ1n) is 7.54. The molecule has 2 fully saturated rings. The minimum Gasteiger partial charge on any atom is -0.393 e. The molecule has 1 heterocycles. The smallest absolute Gasteiger partial charge is 0.0580 e. The molecule has 0 amide bonds. The van der Waals surface area contributed by atoms with Crippen LogP contribution in [0.4, 0.5) is 0 Å². The number of hydrogen-bond donors (Lipinski definition) is 1. The van der Waals surface area contributed by atoms with Gasteiger partial charge in [-0.1, -0.05) is 13.3 Å². The Morgan fingerprint density at radius 3 is 2.78 bits per heavy atom. The number of aliphatic hydroxyl groups excluding tert-OH is 1. The van der Waals surface area contributed by atoms with Crippen molar-refractivity contribution >= 4 is 11.8 Å². The number of rotatable bonds is 3. The van der Waals surface area contributed by atoms with Crippen molar-refractivity contribution in [3.05, 3.63) is 0 Å². The molecule has 0 radical (unpaired) electrons. The predicted octanol–water partition coefficient (Wildman–Crippen LogP) is 3.00. The van der Waals surface area contributed by atoms with Crippen LogP contribution in [0.1, 0.15) is 46.5 Å². The molecule has 2 nitrogen and oxygen atoms in total. The molecule has 0 spiro atoms. The van der Waals surface area contributed by atoms with Gasteiger partial charge in [0.15, 0.2) is 0 Å². The SMILES string of the molecule is CCC1CCC(O)C(CN2CCSC(C)(C)C2)C1. The molecule has 0 aromatic carbocycles. The summed E-state index contributed by atoms with van der Waals surface area (Å²) in [6, 6.07) is 0. The monoisotopic (exact) mass is 271 g/mol. The van der Waals surface area contributed by atoms with E-state index in [-0.39, 0.29) is 6.10 Å². The lowest BCUT2D eigenvalue weighted by atomic mass is 9.78. The van der Waals surface area contributed by atoms with Gasteiger partial charge in [-0.2, -0.15) is 11.8 Å². The number of aliphatic hydroxyl groups is 1. The molecule has 2 rings (SSSR count). The van der Waals surface area contributed by atoms with Crippen molar-refractivity contribution in [3.8, 4) is 0 Å². The average Bonchev–Trinajstić information content (AvgIpc) is 2.31. The summed E-state index contributed by atoms with van der Waals surface area (Å²) in [7, 11) is 0. The lowest BCUT2D eigenvalue weighted by Crippen LogP contribution is -2.47. The standard InChI is InChI=1S/C15H29NOS/c1-4-12-5-6-14(17)13(9-12)10-16-7-8-18-15(2,3)11-16/h12-14,17H,4-11H2,1-3H3.